The van der Waals surface area contributed by atoms with Crippen molar-refractivity contribution >= 4 is 109 Å². The van der Waals surface area contributed by atoms with Crippen LogP contribution >= 0.6 is 82.3 Å². The molecular formula is C34H51Cl5N10O2S2. The van der Waals surface area contributed by atoms with Crippen molar-refractivity contribution in [1.82, 2.24) is 39.7 Å². The Balaban J connectivity index is 0.000000190. The minimum atomic E-state index is 0. The van der Waals surface area contributed by atoms with E-state index in [0.29, 0.717) is 34.1 Å². The Hall–Kier alpha value is -1.01. The summed E-state index contributed by atoms with van der Waals surface area (Å²) in [7, 11) is 0. The summed E-state index contributed by atoms with van der Waals surface area (Å²) >= 11 is 20.7. The van der Waals surface area contributed by atoms with Crippen molar-refractivity contribution in [2.75, 3.05) is 57.9 Å². The van der Waals surface area contributed by atoms with Gasteiger partial charge in [0, 0.05) is 50.3 Å². The molecule has 0 aromatic carbocycles. The third-order valence-corrected chi connectivity index (χ3v) is 12.8. The number of fused-ring (bicyclic) bond motifs is 2. The molecule has 2 aliphatic carbocycles. The lowest BCUT2D eigenvalue weighted by atomic mass is 9.90. The number of aromatic nitrogens is 6. The van der Waals surface area contributed by atoms with Gasteiger partial charge in [0.15, 0.2) is 15.8 Å². The predicted molar refractivity (Wildman–Crippen MR) is 223 cm³/mol. The molecule has 3 N–H and O–H groups in total. The first-order chi connectivity index (χ1) is 24.8. The number of halogens is 5. The Morgan fingerprint density at radius 1 is 0.642 bits per heavy atom. The first-order valence-electron chi connectivity index (χ1n) is 18.3. The zero-order valence-electron chi connectivity index (χ0n) is 30.3. The summed E-state index contributed by atoms with van der Waals surface area (Å²) in [5.41, 5.74) is 7.39. The normalized spacial score (nSPS) is 23.9. The fourth-order valence-corrected chi connectivity index (χ4v) is 9.68. The fourth-order valence-electron chi connectivity index (χ4n) is 7.18. The Bertz CT molecular complexity index is 1690. The summed E-state index contributed by atoms with van der Waals surface area (Å²) in [4.78, 5) is 32.3. The Labute approximate surface area is 347 Å². The van der Waals surface area contributed by atoms with Crippen molar-refractivity contribution in [1.29, 1.82) is 0 Å². The molecule has 4 aromatic heterocycles. The van der Waals surface area contributed by atoms with E-state index in [1.807, 2.05) is 6.92 Å². The zero-order valence-corrected chi connectivity index (χ0v) is 35.8. The summed E-state index contributed by atoms with van der Waals surface area (Å²) < 4.78 is 10.8. The molecule has 4 fully saturated rings. The molecular weight excluding hydrogens is 822 g/mol. The number of ether oxygens (including phenoxy) is 2. The number of morpholine rings is 2. The standard InChI is InChI=1S/C17H24ClN5OS.C10H20N2O.C7H5Cl2N3S.2ClH/c1-2-13-20-14-15(21-17(18)22-16(14)25-13)19-11-3-5-12(6-4-11)23-7-9-24-10-8-23;11-9-1-3-10(4-2-9)12-5-7-13-8-6-12;1-2-3-10-4-5(8)11-7(9)12-6(4)13-3;;/h11-12H,2-10H2,1H3,(H,19,21,22);9-10H,1-8,11H2;2H2,1H3;2*1H. The summed E-state index contributed by atoms with van der Waals surface area (Å²) in [6, 6.07) is 2.39. The average molecular weight is 873 g/mol. The summed E-state index contributed by atoms with van der Waals surface area (Å²) in [6.07, 6.45) is 11.5. The molecule has 2 saturated carbocycles. The molecule has 8 rings (SSSR count). The molecule has 0 radical (unpaired) electrons. The van der Waals surface area contributed by atoms with Gasteiger partial charge in [-0.2, -0.15) is 4.98 Å². The van der Waals surface area contributed by atoms with E-state index in [1.165, 1.54) is 49.9 Å². The van der Waals surface area contributed by atoms with Crippen LogP contribution < -0.4 is 11.1 Å². The van der Waals surface area contributed by atoms with Crippen molar-refractivity contribution in [2.24, 2.45) is 5.73 Å². The van der Waals surface area contributed by atoms with Gasteiger partial charge in [0.1, 0.15) is 15.9 Å². The van der Waals surface area contributed by atoms with E-state index in [2.05, 4.69) is 51.9 Å². The largest absolute Gasteiger partial charge is 0.379 e. The number of hydrogen-bond donors (Lipinski definition) is 2. The van der Waals surface area contributed by atoms with Crippen LogP contribution in [0, 0.1) is 0 Å². The molecule has 6 heterocycles. The lowest BCUT2D eigenvalue weighted by Gasteiger charge is -2.39. The van der Waals surface area contributed by atoms with Gasteiger partial charge in [-0.3, -0.25) is 9.80 Å². The van der Waals surface area contributed by atoms with Gasteiger partial charge >= 0.3 is 0 Å². The lowest BCUT2D eigenvalue weighted by Crippen LogP contribution is -2.46. The number of aryl methyl sites for hydroxylation is 2. The first kappa shape index (κ1) is 44.7. The van der Waals surface area contributed by atoms with E-state index in [4.69, 9.17) is 50.0 Å². The molecule has 0 unspecified atom stereocenters. The van der Waals surface area contributed by atoms with Crippen LogP contribution in [0.4, 0.5) is 5.82 Å². The van der Waals surface area contributed by atoms with Crippen molar-refractivity contribution in [2.45, 2.75) is 102 Å². The van der Waals surface area contributed by atoms with Crippen molar-refractivity contribution < 1.29 is 9.47 Å². The number of anilines is 1. The zero-order chi connectivity index (χ0) is 35.7. The van der Waals surface area contributed by atoms with Crippen LogP contribution in [0.25, 0.3) is 20.7 Å². The molecule has 0 atom stereocenters. The van der Waals surface area contributed by atoms with E-state index in [9.17, 15) is 0 Å². The van der Waals surface area contributed by atoms with E-state index >= 15 is 0 Å². The Morgan fingerprint density at radius 3 is 1.60 bits per heavy atom. The minimum Gasteiger partial charge on any atom is -0.379 e. The molecule has 296 valence electrons. The van der Waals surface area contributed by atoms with E-state index < -0.39 is 0 Å². The minimum absolute atomic E-state index is 0. The van der Waals surface area contributed by atoms with Crippen molar-refractivity contribution in [3.8, 4) is 0 Å². The highest BCUT2D eigenvalue weighted by molar-refractivity contribution is 7.18. The number of hydrogen-bond acceptors (Lipinski definition) is 14. The van der Waals surface area contributed by atoms with Crippen molar-refractivity contribution in [3.63, 3.8) is 0 Å². The van der Waals surface area contributed by atoms with Gasteiger partial charge < -0.3 is 20.5 Å². The molecule has 2 saturated heterocycles. The molecule has 19 heteroatoms. The number of nitrogens with zero attached hydrogens (tertiary/aromatic N) is 8. The van der Waals surface area contributed by atoms with Crippen LogP contribution in [0.5, 0.6) is 0 Å². The molecule has 4 aromatic rings. The highest BCUT2D eigenvalue weighted by Gasteiger charge is 2.28. The highest BCUT2D eigenvalue weighted by atomic mass is 35.5. The van der Waals surface area contributed by atoms with Crippen LogP contribution in [0.3, 0.4) is 0 Å². The molecule has 2 aliphatic heterocycles. The maximum atomic E-state index is 6.12. The second-order valence-electron chi connectivity index (χ2n) is 13.4. The number of rotatable bonds is 6. The third kappa shape index (κ3) is 12.5. The van der Waals surface area contributed by atoms with Gasteiger partial charge in [-0.15, -0.1) is 24.8 Å². The molecule has 12 nitrogen and oxygen atoms in total. The number of thiazole rings is 2. The van der Waals surface area contributed by atoms with Gasteiger partial charge in [-0.05, 0) is 87.4 Å². The maximum Gasteiger partial charge on any atom is 0.225 e. The van der Waals surface area contributed by atoms with Crippen LogP contribution in [0.2, 0.25) is 15.7 Å². The van der Waals surface area contributed by atoms with E-state index in [1.54, 1.807) is 11.3 Å². The summed E-state index contributed by atoms with van der Waals surface area (Å²) in [5.74, 6) is 0.792. The second kappa shape index (κ2) is 22.1. The summed E-state index contributed by atoms with van der Waals surface area (Å²) in [5, 5.41) is 6.45. The quantitative estimate of drug-likeness (QED) is 0.145. The van der Waals surface area contributed by atoms with E-state index in [0.717, 1.165) is 115 Å². The topological polar surface area (TPSA) is 140 Å². The van der Waals surface area contributed by atoms with Crippen LogP contribution in [0.15, 0.2) is 0 Å². The van der Waals surface area contributed by atoms with Gasteiger partial charge in [0.2, 0.25) is 10.6 Å². The lowest BCUT2D eigenvalue weighted by molar-refractivity contribution is 0.00749. The second-order valence-corrected chi connectivity index (χ2v) is 16.5. The first-order valence-corrected chi connectivity index (χ1v) is 21.0. The Morgan fingerprint density at radius 2 is 1.09 bits per heavy atom. The monoisotopic (exact) mass is 870 g/mol. The van der Waals surface area contributed by atoms with Gasteiger partial charge in [0.25, 0.3) is 0 Å². The average Bonchev–Trinajstić information content (AvgIpc) is 3.78. The SMILES string of the molecule is CCc1nc2c(Cl)nc(Cl)nc2s1.CCc1nc2c(NC3CCC(N4CCOCC4)CC3)nc(Cl)nc2s1.Cl.Cl.NC1CCC(N2CCOCC2)CC1. The van der Waals surface area contributed by atoms with Crippen LogP contribution in [-0.2, 0) is 22.3 Å². The molecule has 53 heavy (non-hydrogen) atoms. The van der Waals surface area contributed by atoms with Crippen LogP contribution in [-0.4, -0.2) is 116 Å². The van der Waals surface area contributed by atoms with Gasteiger partial charge in [-0.25, -0.2) is 24.9 Å². The number of nitrogens with one attached hydrogen (secondary N) is 1. The van der Waals surface area contributed by atoms with E-state index in [-0.39, 0.29) is 30.1 Å². The summed E-state index contributed by atoms with van der Waals surface area (Å²) in [6.45, 7) is 12.1. The maximum absolute atomic E-state index is 6.12. The molecule has 4 aliphatic rings. The van der Waals surface area contributed by atoms with Gasteiger partial charge in [-0.1, -0.05) is 48.1 Å². The molecule has 0 amide bonds. The number of nitrogens with two attached hydrogens (primary N) is 1. The van der Waals surface area contributed by atoms with Crippen LogP contribution in [0.1, 0.15) is 75.2 Å². The fraction of sp³-hybridized carbons (Fsp3) is 0.706. The molecule has 0 bridgehead atoms. The third-order valence-electron chi connectivity index (χ3n) is 10.0. The Kier molecular flexibility index (Phi) is 18.6. The smallest absolute Gasteiger partial charge is 0.225 e. The predicted octanol–water partition coefficient (Wildman–Crippen LogP) is 7.75. The van der Waals surface area contributed by atoms with Gasteiger partial charge in [0.05, 0.1) is 36.4 Å². The highest BCUT2D eigenvalue weighted by Crippen LogP contribution is 2.31. The van der Waals surface area contributed by atoms with Crippen molar-refractivity contribution in [3.05, 3.63) is 25.7 Å². The molecule has 0 spiro atoms.